The van der Waals surface area contributed by atoms with Gasteiger partial charge in [0, 0.05) is 28.7 Å². The second-order valence-corrected chi connectivity index (χ2v) is 7.46. The second kappa shape index (κ2) is 8.86. The highest BCUT2D eigenvalue weighted by molar-refractivity contribution is 6.04. The van der Waals surface area contributed by atoms with E-state index in [9.17, 15) is 18.0 Å². The third kappa shape index (κ3) is 4.64. The lowest BCUT2D eigenvalue weighted by Crippen LogP contribution is -2.14. The zero-order valence-corrected chi connectivity index (χ0v) is 17.8. The van der Waals surface area contributed by atoms with Gasteiger partial charge in [0.2, 0.25) is 0 Å². The van der Waals surface area contributed by atoms with E-state index in [2.05, 4.69) is 35.6 Å². The Labute approximate surface area is 196 Å². The molecule has 5 rings (SSSR count). The summed E-state index contributed by atoms with van der Waals surface area (Å²) in [6.07, 6.45) is 0.0408. The molecule has 5 aromatic rings. The first-order valence-electron chi connectivity index (χ1n) is 10.3. The Balaban J connectivity index is 1.40. The number of H-pyrrole nitrogens is 1. The predicted molar refractivity (Wildman–Crippen MR) is 124 cm³/mol. The van der Waals surface area contributed by atoms with Gasteiger partial charge in [-0.1, -0.05) is 12.1 Å². The van der Waals surface area contributed by atoms with Crippen LogP contribution in [-0.4, -0.2) is 30.8 Å². The van der Waals surface area contributed by atoms with E-state index in [1.165, 1.54) is 24.8 Å². The van der Waals surface area contributed by atoms with Gasteiger partial charge in [0.25, 0.3) is 5.91 Å². The quantitative estimate of drug-likeness (QED) is 0.313. The normalized spacial score (nSPS) is 11.4. The number of aromatic nitrogens is 5. The van der Waals surface area contributed by atoms with Crippen molar-refractivity contribution >= 4 is 34.3 Å². The molecule has 8 nitrogen and oxygen atoms in total. The van der Waals surface area contributed by atoms with Crippen molar-refractivity contribution in [2.75, 3.05) is 10.6 Å². The monoisotopic (exact) mass is 475 g/mol. The van der Waals surface area contributed by atoms with Crippen molar-refractivity contribution < 1.29 is 18.0 Å². The van der Waals surface area contributed by atoms with E-state index in [0.29, 0.717) is 39.6 Å². The van der Waals surface area contributed by atoms with Crippen LogP contribution in [0.5, 0.6) is 0 Å². The zero-order valence-electron chi connectivity index (χ0n) is 17.8. The van der Waals surface area contributed by atoms with Crippen LogP contribution >= 0.6 is 0 Å². The number of nitrogens with zero attached hydrogens (tertiary/aromatic N) is 4. The van der Waals surface area contributed by atoms with Crippen LogP contribution < -0.4 is 10.6 Å². The molecule has 0 radical (unpaired) electrons. The number of hydrogen-bond donors (Lipinski definition) is 3. The number of halogens is 3. The van der Waals surface area contributed by atoms with Crippen LogP contribution in [0.2, 0.25) is 0 Å². The smallest absolute Gasteiger partial charge is 0.340 e. The molecule has 1 amide bonds. The summed E-state index contributed by atoms with van der Waals surface area (Å²) in [6, 6.07) is 14.6. The van der Waals surface area contributed by atoms with Gasteiger partial charge in [-0.25, -0.2) is 19.9 Å². The summed E-state index contributed by atoms with van der Waals surface area (Å²) in [6.45, 7) is 0. The third-order valence-corrected chi connectivity index (χ3v) is 5.12. The summed E-state index contributed by atoms with van der Waals surface area (Å²) < 4.78 is 38.9. The second-order valence-electron chi connectivity index (χ2n) is 7.46. The molecule has 35 heavy (non-hydrogen) atoms. The first-order chi connectivity index (χ1) is 16.9. The lowest BCUT2D eigenvalue weighted by Gasteiger charge is -2.13. The molecular formula is C24H16F3N7O. The first kappa shape index (κ1) is 22.0. The summed E-state index contributed by atoms with van der Waals surface area (Å²) in [5, 5.41) is 5.83. The molecule has 0 fully saturated rings. The fraction of sp³-hybridized carbons (Fsp3) is 0.0417. The topological polar surface area (TPSA) is 108 Å². The number of pyridine rings is 1. The molecule has 0 bridgehead atoms. The number of imidazole rings is 1. The molecule has 0 atom stereocenters. The number of carbonyl (C=O) groups excluding carboxylic acids is 1. The molecular weight excluding hydrogens is 459 g/mol. The largest absolute Gasteiger partial charge is 0.416 e. The Morgan fingerprint density at radius 2 is 1.71 bits per heavy atom. The minimum Gasteiger partial charge on any atom is -0.340 e. The fourth-order valence-corrected chi connectivity index (χ4v) is 3.51. The van der Waals surface area contributed by atoms with Gasteiger partial charge in [0.15, 0.2) is 5.65 Å². The van der Waals surface area contributed by atoms with Crippen LogP contribution in [0.15, 0.2) is 79.5 Å². The highest BCUT2D eigenvalue weighted by atomic mass is 19.4. The lowest BCUT2D eigenvalue weighted by molar-refractivity contribution is -0.137. The van der Waals surface area contributed by atoms with Gasteiger partial charge in [-0.2, -0.15) is 13.2 Å². The molecule has 0 aliphatic carbocycles. The van der Waals surface area contributed by atoms with E-state index in [-0.39, 0.29) is 5.56 Å². The zero-order chi connectivity index (χ0) is 24.4. The van der Waals surface area contributed by atoms with Crippen molar-refractivity contribution in [3.05, 3.63) is 90.6 Å². The summed E-state index contributed by atoms with van der Waals surface area (Å²) in [5.41, 5.74) is 2.45. The summed E-state index contributed by atoms with van der Waals surface area (Å²) in [5.74, 6) is -0.162. The number of carbonyl (C=O) groups is 1. The number of rotatable bonds is 5. The third-order valence-electron chi connectivity index (χ3n) is 5.12. The molecule has 0 aliphatic rings. The maximum atomic E-state index is 13.0. The van der Waals surface area contributed by atoms with E-state index in [1.807, 2.05) is 6.07 Å². The minimum absolute atomic E-state index is 0.100. The molecule has 3 aromatic heterocycles. The van der Waals surface area contributed by atoms with E-state index in [4.69, 9.17) is 0 Å². The van der Waals surface area contributed by atoms with Crippen LogP contribution in [0.25, 0.3) is 22.4 Å². The molecule has 0 saturated heterocycles. The van der Waals surface area contributed by atoms with Crippen molar-refractivity contribution in [2.45, 2.75) is 6.18 Å². The van der Waals surface area contributed by atoms with Crippen molar-refractivity contribution in [3.63, 3.8) is 0 Å². The number of anilines is 3. The van der Waals surface area contributed by atoms with Crippen molar-refractivity contribution in [1.29, 1.82) is 0 Å². The average Bonchev–Trinajstić information content (AvgIpc) is 3.33. The molecule has 0 unspecified atom stereocenters. The Hall–Kier alpha value is -4.80. The van der Waals surface area contributed by atoms with E-state index < -0.39 is 17.6 Å². The first-order valence-corrected chi connectivity index (χ1v) is 10.3. The number of alkyl halides is 3. The van der Waals surface area contributed by atoms with Gasteiger partial charge in [0.1, 0.15) is 23.4 Å². The standard InChI is InChI=1S/C24H16F3N7O/c25-24(26,27)15-5-1-4-14(10-15)23(35)34-17-7-2-6-16(11-17)33-21-18(8-3-9-28-21)19-20-22(31-12-29-19)32-13-30-20/h1-13H,(H,28,33)(H,34,35)(H,29,30,31,32). The fourth-order valence-electron chi connectivity index (χ4n) is 3.51. The molecule has 2 aromatic carbocycles. The molecule has 3 N–H and O–H groups in total. The molecule has 0 spiro atoms. The van der Waals surface area contributed by atoms with Gasteiger partial charge in [-0.3, -0.25) is 4.79 Å². The predicted octanol–water partition coefficient (Wildman–Crippen LogP) is 5.43. The minimum atomic E-state index is -4.54. The van der Waals surface area contributed by atoms with Crippen LogP contribution in [0.4, 0.5) is 30.4 Å². The van der Waals surface area contributed by atoms with E-state index in [0.717, 1.165) is 12.1 Å². The van der Waals surface area contributed by atoms with Crippen LogP contribution in [0.1, 0.15) is 15.9 Å². The van der Waals surface area contributed by atoms with Gasteiger partial charge < -0.3 is 15.6 Å². The molecule has 3 heterocycles. The van der Waals surface area contributed by atoms with E-state index >= 15 is 0 Å². The number of hydrogen-bond acceptors (Lipinski definition) is 6. The van der Waals surface area contributed by atoms with Gasteiger partial charge in [-0.05, 0) is 48.5 Å². The van der Waals surface area contributed by atoms with E-state index in [1.54, 1.807) is 36.5 Å². The maximum absolute atomic E-state index is 13.0. The molecule has 0 aliphatic heterocycles. The maximum Gasteiger partial charge on any atom is 0.416 e. The van der Waals surface area contributed by atoms with Gasteiger partial charge >= 0.3 is 6.18 Å². The van der Waals surface area contributed by atoms with Crippen LogP contribution in [-0.2, 0) is 6.18 Å². The van der Waals surface area contributed by atoms with Crippen molar-refractivity contribution in [1.82, 2.24) is 24.9 Å². The SMILES string of the molecule is O=C(Nc1cccc(Nc2ncccc2-c2ncnc3[nH]cnc23)c1)c1cccc(C(F)(F)F)c1. The summed E-state index contributed by atoms with van der Waals surface area (Å²) in [4.78, 5) is 32.7. The molecule has 0 saturated carbocycles. The molecule has 174 valence electrons. The Bertz CT molecular complexity index is 1530. The van der Waals surface area contributed by atoms with Crippen molar-refractivity contribution in [2.24, 2.45) is 0 Å². The molecule has 11 heteroatoms. The number of aromatic amines is 1. The van der Waals surface area contributed by atoms with Crippen molar-refractivity contribution in [3.8, 4) is 11.3 Å². The highest BCUT2D eigenvalue weighted by Crippen LogP contribution is 2.31. The van der Waals surface area contributed by atoms with Gasteiger partial charge in [0.05, 0.1) is 11.9 Å². The lowest BCUT2D eigenvalue weighted by atomic mass is 10.1. The Morgan fingerprint density at radius 3 is 2.57 bits per heavy atom. The summed E-state index contributed by atoms with van der Waals surface area (Å²) in [7, 11) is 0. The average molecular weight is 475 g/mol. The number of fused-ring (bicyclic) bond motifs is 1. The number of benzene rings is 2. The Kier molecular flexibility index (Phi) is 5.57. The van der Waals surface area contributed by atoms with Gasteiger partial charge in [-0.15, -0.1) is 0 Å². The Morgan fingerprint density at radius 1 is 0.886 bits per heavy atom. The number of amides is 1. The number of nitrogens with one attached hydrogen (secondary N) is 3. The van der Waals surface area contributed by atoms with Crippen LogP contribution in [0.3, 0.4) is 0 Å². The van der Waals surface area contributed by atoms with Crippen LogP contribution in [0, 0.1) is 0 Å². The summed E-state index contributed by atoms with van der Waals surface area (Å²) >= 11 is 0. The highest BCUT2D eigenvalue weighted by Gasteiger charge is 2.30.